The van der Waals surface area contributed by atoms with E-state index in [-0.39, 0.29) is 0 Å². The summed E-state index contributed by atoms with van der Waals surface area (Å²) >= 11 is 1.76. The van der Waals surface area contributed by atoms with Crippen molar-refractivity contribution in [1.82, 2.24) is 0 Å². The minimum Gasteiger partial charge on any atom is -0.386 e. The number of nitrogens with one attached hydrogen (secondary N) is 1. The van der Waals surface area contributed by atoms with Crippen molar-refractivity contribution < 1.29 is 0 Å². The van der Waals surface area contributed by atoms with Crippen LogP contribution in [0.5, 0.6) is 0 Å². The molecule has 0 bridgehead atoms. The molecule has 3 nitrogen and oxygen atoms in total. The van der Waals surface area contributed by atoms with E-state index in [4.69, 9.17) is 0 Å². The maximum atomic E-state index is 4.30. The third-order valence-electron chi connectivity index (χ3n) is 9.44. The number of allylic oxidation sites excluding steroid dienone is 4. The number of para-hydroxylation sites is 3. The van der Waals surface area contributed by atoms with Crippen molar-refractivity contribution in [1.29, 1.82) is 0 Å². The fraction of sp³-hybridized carbons (Fsp3) is 0.0204. The first-order chi connectivity index (χ1) is 26.2. The average molecular weight is 702 g/mol. The standard InChI is InChI=1S/C49H39N3S/c1-36-16-14-27-48(53-47-26-13-12-23-44(36)47)52(41-21-10-5-11-22-41)43-34-30-38(31-35-43)37-28-32-42(33-29-37)51(40-19-8-4-9-20-40)46-25-15-24-45(49(46)50-2)39-17-6-3-7-18-39/h3-35,50H,1H2,2H3/b16-14-,48-27-. The van der Waals surface area contributed by atoms with E-state index < -0.39 is 0 Å². The molecule has 0 saturated heterocycles. The number of fused-ring (bicyclic) bond motifs is 1. The lowest BCUT2D eigenvalue weighted by Gasteiger charge is -2.29. The normalized spacial score (nSPS) is 13.8. The summed E-state index contributed by atoms with van der Waals surface area (Å²) in [7, 11) is 2.00. The van der Waals surface area contributed by atoms with Gasteiger partial charge in [-0.15, -0.1) is 0 Å². The zero-order chi connectivity index (χ0) is 36.0. The summed E-state index contributed by atoms with van der Waals surface area (Å²) in [6, 6.07) is 64.4. The van der Waals surface area contributed by atoms with Gasteiger partial charge >= 0.3 is 0 Å². The Morgan fingerprint density at radius 2 is 0.981 bits per heavy atom. The van der Waals surface area contributed by atoms with E-state index in [9.17, 15) is 0 Å². The second-order valence-corrected chi connectivity index (χ2v) is 13.8. The van der Waals surface area contributed by atoms with E-state index >= 15 is 0 Å². The minimum absolute atomic E-state index is 1.01. The number of anilines is 6. The number of hydrogen-bond acceptors (Lipinski definition) is 4. The summed E-state index contributed by atoms with van der Waals surface area (Å²) in [5.41, 5.74) is 13.3. The molecule has 0 unspecified atom stereocenters. The van der Waals surface area contributed by atoms with E-state index in [1.165, 1.54) is 10.5 Å². The molecule has 53 heavy (non-hydrogen) atoms. The molecule has 7 aromatic carbocycles. The summed E-state index contributed by atoms with van der Waals surface area (Å²) in [5.74, 6) is 0. The van der Waals surface area contributed by atoms with Crippen LogP contribution in [0.25, 0.3) is 27.8 Å². The van der Waals surface area contributed by atoms with Crippen LogP contribution < -0.4 is 15.1 Å². The number of thioether (sulfide) groups is 1. The van der Waals surface area contributed by atoms with Crippen molar-refractivity contribution in [2.75, 3.05) is 22.2 Å². The van der Waals surface area contributed by atoms with Gasteiger partial charge in [-0.05, 0) is 94.6 Å². The molecule has 0 fully saturated rings. The van der Waals surface area contributed by atoms with Gasteiger partial charge in [0.05, 0.1) is 16.4 Å². The van der Waals surface area contributed by atoms with Gasteiger partial charge in [0.15, 0.2) is 0 Å². The first-order valence-electron chi connectivity index (χ1n) is 17.8. The van der Waals surface area contributed by atoms with Crippen LogP contribution in [-0.4, -0.2) is 7.05 Å². The van der Waals surface area contributed by atoms with Crippen molar-refractivity contribution in [3.8, 4) is 22.3 Å². The molecule has 0 saturated carbocycles. The molecule has 4 heteroatoms. The summed E-state index contributed by atoms with van der Waals surface area (Å²) in [6.45, 7) is 4.30. The molecular weight excluding hydrogens is 663 g/mol. The van der Waals surface area contributed by atoms with Crippen molar-refractivity contribution in [3.63, 3.8) is 0 Å². The van der Waals surface area contributed by atoms with Gasteiger partial charge in [0.2, 0.25) is 0 Å². The van der Waals surface area contributed by atoms with Crippen LogP contribution in [0.1, 0.15) is 5.56 Å². The zero-order valence-electron chi connectivity index (χ0n) is 29.6. The second kappa shape index (κ2) is 15.4. The van der Waals surface area contributed by atoms with Crippen molar-refractivity contribution in [2.24, 2.45) is 0 Å². The molecule has 1 heterocycles. The highest BCUT2D eigenvalue weighted by Crippen LogP contribution is 2.45. The zero-order valence-corrected chi connectivity index (χ0v) is 30.4. The summed E-state index contributed by atoms with van der Waals surface area (Å²) in [6.07, 6.45) is 6.37. The van der Waals surface area contributed by atoms with Gasteiger partial charge in [-0.2, -0.15) is 0 Å². The van der Waals surface area contributed by atoms with E-state index in [1.807, 2.05) is 7.05 Å². The second-order valence-electron chi connectivity index (χ2n) is 12.7. The number of nitrogens with zero attached hydrogens (tertiary/aromatic N) is 2. The highest BCUT2D eigenvalue weighted by molar-refractivity contribution is 8.03. The van der Waals surface area contributed by atoms with E-state index in [2.05, 4.69) is 222 Å². The van der Waals surface area contributed by atoms with Crippen LogP contribution in [0.3, 0.4) is 0 Å². The summed E-state index contributed by atoms with van der Waals surface area (Å²) < 4.78 is 0. The van der Waals surface area contributed by atoms with E-state index in [1.54, 1.807) is 11.8 Å². The van der Waals surface area contributed by atoms with Crippen molar-refractivity contribution in [2.45, 2.75) is 4.90 Å². The quantitative estimate of drug-likeness (QED) is 0.161. The molecule has 0 spiro atoms. The minimum atomic E-state index is 1.01. The Labute approximate surface area is 316 Å². The lowest BCUT2D eigenvalue weighted by molar-refractivity contribution is 1.25. The number of benzene rings is 7. The van der Waals surface area contributed by atoms with Crippen molar-refractivity contribution in [3.05, 3.63) is 217 Å². The Bertz CT molecular complexity index is 2400. The average Bonchev–Trinajstić information content (AvgIpc) is 3.22. The van der Waals surface area contributed by atoms with Gasteiger partial charge in [0.25, 0.3) is 0 Å². The van der Waals surface area contributed by atoms with Crippen LogP contribution in [0, 0.1) is 0 Å². The lowest BCUT2D eigenvalue weighted by atomic mass is 10.0. The molecule has 0 amide bonds. The highest BCUT2D eigenvalue weighted by Gasteiger charge is 2.20. The molecule has 1 N–H and O–H groups in total. The van der Waals surface area contributed by atoms with Crippen molar-refractivity contribution >= 4 is 51.5 Å². The van der Waals surface area contributed by atoms with Gasteiger partial charge in [-0.25, -0.2) is 0 Å². The first-order valence-corrected chi connectivity index (χ1v) is 18.6. The topological polar surface area (TPSA) is 18.5 Å². The van der Waals surface area contributed by atoms with E-state index in [0.29, 0.717) is 0 Å². The predicted molar refractivity (Wildman–Crippen MR) is 229 cm³/mol. The van der Waals surface area contributed by atoms with Gasteiger partial charge < -0.3 is 15.1 Å². The predicted octanol–water partition coefficient (Wildman–Crippen LogP) is 13.9. The largest absolute Gasteiger partial charge is 0.386 e. The Kier molecular flexibility index (Phi) is 9.78. The molecule has 0 aliphatic carbocycles. The molecule has 8 rings (SSSR count). The van der Waals surface area contributed by atoms with Crippen LogP contribution in [0.2, 0.25) is 0 Å². The van der Waals surface area contributed by atoms with Gasteiger partial charge in [-0.1, -0.05) is 152 Å². The van der Waals surface area contributed by atoms with Crippen LogP contribution in [0.15, 0.2) is 217 Å². The SMILES string of the molecule is C=C1/C=C\C=C(\N(c2ccccc2)c2ccc(-c3ccc(N(c4ccccc4)c4cccc(-c5ccccc5)c4NC)cc3)cc2)Sc2ccccc21. The van der Waals surface area contributed by atoms with Gasteiger partial charge in [0.1, 0.15) is 0 Å². The first kappa shape index (κ1) is 33.6. The third-order valence-corrected chi connectivity index (χ3v) is 10.5. The monoisotopic (exact) mass is 701 g/mol. The molecule has 1 aliphatic heterocycles. The maximum Gasteiger partial charge on any atom is 0.0846 e. The fourth-order valence-electron chi connectivity index (χ4n) is 6.86. The number of hydrogen-bond donors (Lipinski definition) is 1. The molecule has 7 aromatic rings. The molecule has 256 valence electrons. The smallest absolute Gasteiger partial charge is 0.0846 e. The summed E-state index contributed by atoms with van der Waals surface area (Å²) in [5, 5.41) is 4.64. The number of rotatable bonds is 9. The summed E-state index contributed by atoms with van der Waals surface area (Å²) in [4.78, 5) is 5.84. The maximum absolute atomic E-state index is 4.30. The highest BCUT2D eigenvalue weighted by atomic mass is 32.2. The van der Waals surface area contributed by atoms with E-state index in [0.717, 1.165) is 67.0 Å². The van der Waals surface area contributed by atoms with Crippen LogP contribution >= 0.6 is 11.8 Å². The Morgan fingerprint density at radius 1 is 0.472 bits per heavy atom. The molecular formula is C49H39N3S. The Balaban J connectivity index is 1.13. The molecule has 0 radical (unpaired) electrons. The van der Waals surface area contributed by atoms with Gasteiger partial charge in [-0.3, -0.25) is 0 Å². The molecule has 0 atom stereocenters. The molecule has 1 aliphatic rings. The molecule has 0 aromatic heterocycles. The fourth-order valence-corrected chi connectivity index (χ4v) is 7.99. The van der Waals surface area contributed by atoms with Gasteiger partial charge in [0, 0.05) is 40.3 Å². The third kappa shape index (κ3) is 7.05. The lowest BCUT2D eigenvalue weighted by Crippen LogP contribution is -2.14. The Hall–Kier alpha value is -6.49. The van der Waals surface area contributed by atoms with Crippen LogP contribution in [-0.2, 0) is 0 Å². The Morgan fingerprint density at radius 3 is 1.60 bits per heavy atom. The van der Waals surface area contributed by atoms with Crippen LogP contribution in [0.4, 0.5) is 34.1 Å².